The molecule has 1 saturated heterocycles. The number of carbonyl (C=O) groups is 2. The third-order valence-electron chi connectivity index (χ3n) is 4.23. The van der Waals surface area contributed by atoms with Gasteiger partial charge in [0.05, 0.1) is 11.0 Å². The van der Waals surface area contributed by atoms with Gasteiger partial charge in [0.25, 0.3) is 0 Å². The Bertz CT molecular complexity index is 334. The first kappa shape index (κ1) is 15.9. The lowest BCUT2D eigenvalue weighted by Crippen LogP contribution is -2.58. The second kappa shape index (κ2) is 6.34. The number of amides is 1. The smallest absolute Gasteiger partial charge is 0.311 e. The summed E-state index contributed by atoms with van der Waals surface area (Å²) in [6.45, 7) is 4.69. The van der Waals surface area contributed by atoms with Gasteiger partial charge in [0.1, 0.15) is 0 Å². The van der Waals surface area contributed by atoms with E-state index in [4.69, 9.17) is 10.5 Å². The van der Waals surface area contributed by atoms with Gasteiger partial charge < -0.3 is 20.9 Å². The first-order chi connectivity index (χ1) is 8.90. The average Bonchev–Trinajstić information content (AvgIpc) is 2.40. The van der Waals surface area contributed by atoms with Gasteiger partial charge in [-0.15, -0.1) is 0 Å². The van der Waals surface area contributed by atoms with Crippen molar-refractivity contribution in [2.75, 3.05) is 19.8 Å². The number of carboxylic acid groups (broad SMARTS) is 1. The van der Waals surface area contributed by atoms with E-state index >= 15 is 0 Å². The molecule has 1 aliphatic rings. The third kappa shape index (κ3) is 3.45. The lowest BCUT2D eigenvalue weighted by Gasteiger charge is -2.34. The maximum absolute atomic E-state index is 12.1. The van der Waals surface area contributed by atoms with Crippen molar-refractivity contribution in [2.24, 2.45) is 11.1 Å². The summed E-state index contributed by atoms with van der Waals surface area (Å²) in [4.78, 5) is 23.5. The van der Waals surface area contributed by atoms with Crippen LogP contribution in [0.1, 0.15) is 39.5 Å². The molecule has 0 aromatic rings. The molecular formula is C13H24N2O4. The molecule has 1 rings (SSSR count). The summed E-state index contributed by atoms with van der Waals surface area (Å²) >= 11 is 0. The van der Waals surface area contributed by atoms with Crippen LogP contribution >= 0.6 is 0 Å². The van der Waals surface area contributed by atoms with Crippen LogP contribution in [0.2, 0.25) is 0 Å². The van der Waals surface area contributed by atoms with Gasteiger partial charge in [-0.1, -0.05) is 13.8 Å². The Morgan fingerprint density at radius 1 is 1.32 bits per heavy atom. The summed E-state index contributed by atoms with van der Waals surface area (Å²) in [5.74, 6) is -1.15. The zero-order valence-electron chi connectivity index (χ0n) is 11.7. The Balaban J connectivity index is 2.64. The molecule has 0 unspecified atom stereocenters. The lowest BCUT2D eigenvalue weighted by molar-refractivity contribution is -0.149. The van der Waals surface area contributed by atoms with Gasteiger partial charge in [-0.25, -0.2) is 0 Å². The standard InChI is InChI=1S/C13H24N2O4/c1-3-12(4-2,11(17)18)9-15-10(16)13(14)5-7-19-8-6-13/h3-9,14H2,1-2H3,(H,15,16)(H,17,18). The van der Waals surface area contributed by atoms with E-state index < -0.39 is 16.9 Å². The molecule has 0 aromatic carbocycles. The fraction of sp³-hybridized carbons (Fsp3) is 0.846. The zero-order valence-corrected chi connectivity index (χ0v) is 11.7. The van der Waals surface area contributed by atoms with Crippen molar-refractivity contribution < 1.29 is 19.4 Å². The van der Waals surface area contributed by atoms with Crippen LogP contribution in [0.4, 0.5) is 0 Å². The highest BCUT2D eigenvalue weighted by Crippen LogP contribution is 2.26. The normalized spacial score (nSPS) is 18.9. The number of nitrogens with two attached hydrogens (primary N) is 1. The Hall–Kier alpha value is -1.14. The van der Waals surface area contributed by atoms with Crippen molar-refractivity contribution in [3.8, 4) is 0 Å². The number of hydrogen-bond acceptors (Lipinski definition) is 4. The fourth-order valence-corrected chi connectivity index (χ4v) is 2.27. The molecule has 110 valence electrons. The summed E-state index contributed by atoms with van der Waals surface area (Å²) < 4.78 is 5.19. The zero-order chi connectivity index (χ0) is 14.5. The lowest BCUT2D eigenvalue weighted by atomic mass is 9.81. The van der Waals surface area contributed by atoms with E-state index in [1.165, 1.54) is 0 Å². The van der Waals surface area contributed by atoms with E-state index in [0.29, 0.717) is 38.9 Å². The van der Waals surface area contributed by atoms with Crippen molar-refractivity contribution in [3.63, 3.8) is 0 Å². The average molecular weight is 272 g/mol. The topological polar surface area (TPSA) is 102 Å². The van der Waals surface area contributed by atoms with Crippen LogP contribution in [-0.4, -0.2) is 42.3 Å². The van der Waals surface area contributed by atoms with Crippen molar-refractivity contribution in [1.82, 2.24) is 5.32 Å². The molecule has 1 aliphatic heterocycles. The van der Waals surface area contributed by atoms with Crippen LogP contribution in [0.5, 0.6) is 0 Å². The molecule has 0 spiro atoms. The molecular weight excluding hydrogens is 248 g/mol. The van der Waals surface area contributed by atoms with Crippen LogP contribution in [0.25, 0.3) is 0 Å². The highest BCUT2D eigenvalue weighted by Gasteiger charge is 2.39. The van der Waals surface area contributed by atoms with E-state index in [9.17, 15) is 14.7 Å². The number of carbonyl (C=O) groups excluding carboxylic acids is 1. The Morgan fingerprint density at radius 3 is 2.26 bits per heavy atom. The molecule has 0 bridgehead atoms. The summed E-state index contributed by atoms with van der Waals surface area (Å²) in [7, 11) is 0. The maximum atomic E-state index is 12.1. The predicted octanol–water partition coefficient (Wildman–Crippen LogP) is 0.502. The molecule has 0 aliphatic carbocycles. The highest BCUT2D eigenvalue weighted by atomic mass is 16.5. The van der Waals surface area contributed by atoms with Gasteiger partial charge in [-0.05, 0) is 25.7 Å². The number of nitrogens with one attached hydrogen (secondary N) is 1. The minimum Gasteiger partial charge on any atom is -0.481 e. The van der Waals surface area contributed by atoms with Crippen LogP contribution < -0.4 is 11.1 Å². The number of hydrogen-bond donors (Lipinski definition) is 3. The molecule has 1 fully saturated rings. The monoisotopic (exact) mass is 272 g/mol. The van der Waals surface area contributed by atoms with Gasteiger partial charge in [0.15, 0.2) is 0 Å². The van der Waals surface area contributed by atoms with Crippen LogP contribution in [0, 0.1) is 5.41 Å². The molecule has 1 heterocycles. The van der Waals surface area contributed by atoms with E-state index in [-0.39, 0.29) is 12.5 Å². The summed E-state index contributed by atoms with van der Waals surface area (Å²) in [5.41, 5.74) is 4.22. The number of rotatable bonds is 6. The SMILES string of the molecule is CCC(CC)(CNC(=O)C1(N)CCOCC1)C(=O)O. The first-order valence-corrected chi connectivity index (χ1v) is 6.78. The van der Waals surface area contributed by atoms with E-state index in [1.54, 1.807) is 0 Å². The summed E-state index contributed by atoms with van der Waals surface area (Å²) in [6, 6.07) is 0. The van der Waals surface area contributed by atoms with Crippen molar-refractivity contribution in [3.05, 3.63) is 0 Å². The molecule has 6 heteroatoms. The summed E-state index contributed by atoms with van der Waals surface area (Å²) in [6.07, 6.45) is 1.88. The van der Waals surface area contributed by atoms with Gasteiger partial charge in [-0.2, -0.15) is 0 Å². The quantitative estimate of drug-likeness (QED) is 0.653. The maximum Gasteiger partial charge on any atom is 0.311 e. The predicted molar refractivity (Wildman–Crippen MR) is 70.6 cm³/mol. The summed E-state index contributed by atoms with van der Waals surface area (Å²) in [5, 5.41) is 12.0. The van der Waals surface area contributed by atoms with E-state index in [0.717, 1.165) is 0 Å². The largest absolute Gasteiger partial charge is 0.481 e. The molecule has 0 saturated carbocycles. The van der Waals surface area contributed by atoms with Crippen molar-refractivity contribution >= 4 is 11.9 Å². The molecule has 1 amide bonds. The Morgan fingerprint density at radius 2 is 1.84 bits per heavy atom. The molecule has 0 atom stereocenters. The van der Waals surface area contributed by atoms with Crippen LogP contribution in [-0.2, 0) is 14.3 Å². The molecule has 6 nitrogen and oxygen atoms in total. The Labute approximate surface area is 113 Å². The third-order valence-corrected chi connectivity index (χ3v) is 4.23. The van der Waals surface area contributed by atoms with E-state index in [1.807, 2.05) is 13.8 Å². The fourth-order valence-electron chi connectivity index (χ4n) is 2.27. The molecule has 0 radical (unpaired) electrons. The number of carboxylic acids is 1. The molecule has 0 aromatic heterocycles. The van der Waals surface area contributed by atoms with Crippen molar-refractivity contribution in [2.45, 2.75) is 45.1 Å². The minimum absolute atomic E-state index is 0.119. The number of ether oxygens (including phenoxy) is 1. The van der Waals surface area contributed by atoms with E-state index in [2.05, 4.69) is 5.32 Å². The first-order valence-electron chi connectivity index (χ1n) is 6.78. The highest BCUT2D eigenvalue weighted by molar-refractivity contribution is 5.87. The van der Waals surface area contributed by atoms with Gasteiger partial charge in [-0.3, -0.25) is 9.59 Å². The van der Waals surface area contributed by atoms with Crippen molar-refractivity contribution in [1.29, 1.82) is 0 Å². The molecule has 19 heavy (non-hydrogen) atoms. The minimum atomic E-state index is -0.927. The van der Waals surface area contributed by atoms with Gasteiger partial charge in [0, 0.05) is 19.8 Å². The Kier molecular flexibility index (Phi) is 5.31. The van der Waals surface area contributed by atoms with Crippen LogP contribution in [0.15, 0.2) is 0 Å². The van der Waals surface area contributed by atoms with Gasteiger partial charge in [0.2, 0.25) is 5.91 Å². The second-order valence-corrected chi connectivity index (χ2v) is 5.24. The van der Waals surface area contributed by atoms with Gasteiger partial charge >= 0.3 is 5.97 Å². The van der Waals surface area contributed by atoms with Crippen LogP contribution in [0.3, 0.4) is 0 Å². The number of aliphatic carboxylic acids is 1. The second-order valence-electron chi connectivity index (χ2n) is 5.24. The molecule has 4 N–H and O–H groups in total.